The number of ether oxygens (including phenoxy) is 2. The highest BCUT2D eigenvalue weighted by Gasteiger charge is 2.29. The van der Waals surface area contributed by atoms with Crippen LogP contribution in [-0.2, 0) is 22.9 Å². The maximum atomic E-state index is 13.3. The molecule has 0 saturated heterocycles. The number of sulfonamides is 1. The number of hydrogen-bond donors (Lipinski definition) is 1. The van der Waals surface area contributed by atoms with Crippen LogP contribution >= 0.6 is 0 Å². The van der Waals surface area contributed by atoms with Crippen molar-refractivity contribution in [3.05, 3.63) is 66.1 Å². The van der Waals surface area contributed by atoms with Crippen molar-refractivity contribution in [1.29, 1.82) is 0 Å². The van der Waals surface area contributed by atoms with Gasteiger partial charge in [0.25, 0.3) is 0 Å². The van der Waals surface area contributed by atoms with Crippen molar-refractivity contribution in [3.8, 4) is 28.7 Å². The van der Waals surface area contributed by atoms with Crippen molar-refractivity contribution < 1.29 is 22.3 Å². The standard InChI is InChI=1S/C24H26FN7O4S/c1-5-17-8-6-9-18(28-17)23-29-30-24(32(23)22-19(35-3)10-7-11-20(22)36-4)31-37(33,34)15(2)12-21-26-13-16(25)14-27-21/h6-11,13-15H,5,12H2,1-4H3,(H,30,31). The minimum Gasteiger partial charge on any atom is -0.494 e. The lowest BCUT2D eigenvalue weighted by Crippen LogP contribution is -2.29. The normalized spacial score (nSPS) is 12.2. The van der Waals surface area contributed by atoms with Crippen LogP contribution in [0.15, 0.2) is 48.8 Å². The van der Waals surface area contributed by atoms with Crippen LogP contribution in [0.25, 0.3) is 17.2 Å². The maximum Gasteiger partial charge on any atom is 0.243 e. The number of methoxy groups -OCH3 is 2. The monoisotopic (exact) mass is 527 g/mol. The second-order valence-corrected chi connectivity index (χ2v) is 10.1. The second-order valence-electron chi connectivity index (χ2n) is 8.04. The number of para-hydroxylation sites is 1. The Morgan fingerprint density at radius 2 is 1.68 bits per heavy atom. The van der Waals surface area contributed by atoms with E-state index in [2.05, 4.69) is 29.9 Å². The van der Waals surface area contributed by atoms with Gasteiger partial charge < -0.3 is 9.47 Å². The summed E-state index contributed by atoms with van der Waals surface area (Å²) in [6.45, 7) is 3.47. The summed E-state index contributed by atoms with van der Waals surface area (Å²) in [5.74, 6) is 0.581. The lowest BCUT2D eigenvalue weighted by atomic mass is 10.2. The third-order valence-corrected chi connectivity index (χ3v) is 7.29. The minimum atomic E-state index is -4.02. The maximum absolute atomic E-state index is 13.3. The van der Waals surface area contributed by atoms with Gasteiger partial charge in [-0.3, -0.25) is 9.29 Å². The summed E-state index contributed by atoms with van der Waals surface area (Å²) >= 11 is 0. The highest BCUT2D eigenvalue weighted by molar-refractivity contribution is 7.93. The number of rotatable bonds is 10. The van der Waals surface area contributed by atoms with Crippen LogP contribution in [0.4, 0.5) is 10.3 Å². The summed E-state index contributed by atoms with van der Waals surface area (Å²) in [5.41, 5.74) is 1.70. The molecule has 194 valence electrons. The van der Waals surface area contributed by atoms with Crippen LogP contribution in [0.1, 0.15) is 25.4 Å². The summed E-state index contributed by atoms with van der Waals surface area (Å²) in [4.78, 5) is 12.4. The van der Waals surface area contributed by atoms with E-state index in [4.69, 9.17) is 9.47 Å². The first-order chi connectivity index (χ1) is 17.8. The molecular weight excluding hydrogens is 501 g/mol. The van der Waals surface area contributed by atoms with Gasteiger partial charge in [0.05, 0.1) is 31.9 Å². The Kier molecular flexibility index (Phi) is 7.62. The van der Waals surface area contributed by atoms with Gasteiger partial charge in [-0.05, 0) is 37.6 Å². The van der Waals surface area contributed by atoms with Crippen LogP contribution < -0.4 is 14.2 Å². The van der Waals surface area contributed by atoms with Gasteiger partial charge >= 0.3 is 0 Å². The number of hydrogen-bond acceptors (Lipinski definition) is 9. The predicted octanol–water partition coefficient (Wildman–Crippen LogP) is 3.21. The van der Waals surface area contributed by atoms with Crippen molar-refractivity contribution in [2.75, 3.05) is 18.9 Å². The van der Waals surface area contributed by atoms with E-state index < -0.39 is 21.1 Å². The Balaban J connectivity index is 1.82. The van der Waals surface area contributed by atoms with Gasteiger partial charge in [0, 0.05) is 12.1 Å². The molecule has 0 aliphatic carbocycles. The van der Waals surface area contributed by atoms with E-state index in [0.717, 1.165) is 18.1 Å². The highest BCUT2D eigenvalue weighted by atomic mass is 32.2. The molecule has 1 aromatic carbocycles. The Morgan fingerprint density at radius 1 is 1.03 bits per heavy atom. The van der Waals surface area contributed by atoms with Crippen molar-refractivity contribution in [1.82, 2.24) is 29.7 Å². The fourth-order valence-electron chi connectivity index (χ4n) is 3.62. The molecule has 0 aliphatic rings. The Labute approximate surface area is 213 Å². The summed E-state index contributed by atoms with van der Waals surface area (Å²) in [6.07, 6.45) is 2.63. The topological polar surface area (TPSA) is 134 Å². The van der Waals surface area contributed by atoms with E-state index in [1.165, 1.54) is 25.7 Å². The fourth-order valence-corrected chi connectivity index (χ4v) is 4.58. The summed E-state index contributed by atoms with van der Waals surface area (Å²) in [5, 5.41) is 7.45. The van der Waals surface area contributed by atoms with Gasteiger partial charge in [-0.25, -0.2) is 27.8 Å². The van der Waals surface area contributed by atoms with Gasteiger partial charge in [0.15, 0.2) is 11.6 Å². The Bertz CT molecular complexity index is 1470. The van der Waals surface area contributed by atoms with Crippen molar-refractivity contribution in [2.24, 2.45) is 0 Å². The fraction of sp³-hybridized carbons (Fsp3) is 0.292. The number of aromatic nitrogens is 6. The largest absolute Gasteiger partial charge is 0.494 e. The zero-order chi connectivity index (χ0) is 26.6. The van der Waals surface area contributed by atoms with Gasteiger partial charge in [-0.15, -0.1) is 10.2 Å². The number of aryl methyl sites for hydroxylation is 1. The number of anilines is 1. The average molecular weight is 528 g/mol. The summed E-state index contributed by atoms with van der Waals surface area (Å²) in [6, 6.07) is 10.7. The molecule has 0 spiro atoms. The van der Waals surface area contributed by atoms with Gasteiger partial charge in [-0.2, -0.15) is 0 Å². The smallest absolute Gasteiger partial charge is 0.243 e. The predicted molar refractivity (Wildman–Crippen MR) is 135 cm³/mol. The summed E-state index contributed by atoms with van der Waals surface area (Å²) < 4.78 is 54.9. The van der Waals surface area contributed by atoms with E-state index in [9.17, 15) is 12.8 Å². The molecular formula is C24H26FN7O4S. The molecule has 1 unspecified atom stereocenters. The number of halogens is 1. The zero-order valence-electron chi connectivity index (χ0n) is 20.7. The number of benzene rings is 1. The van der Waals surface area contributed by atoms with Gasteiger partial charge in [0.2, 0.25) is 16.0 Å². The third kappa shape index (κ3) is 5.50. The molecule has 3 aromatic heterocycles. The van der Waals surface area contributed by atoms with Crippen LogP contribution in [-0.4, -0.2) is 57.6 Å². The third-order valence-electron chi connectivity index (χ3n) is 5.59. The lowest BCUT2D eigenvalue weighted by Gasteiger charge is -2.19. The molecule has 4 rings (SSSR count). The lowest BCUT2D eigenvalue weighted by molar-refractivity contribution is 0.391. The quantitative estimate of drug-likeness (QED) is 0.330. The molecule has 0 fully saturated rings. The average Bonchev–Trinajstić information content (AvgIpc) is 3.31. The Hall–Kier alpha value is -4.13. The highest BCUT2D eigenvalue weighted by Crippen LogP contribution is 2.37. The molecule has 0 radical (unpaired) electrons. The van der Waals surface area contributed by atoms with Crippen molar-refractivity contribution >= 4 is 16.0 Å². The molecule has 0 bridgehead atoms. The van der Waals surface area contributed by atoms with Crippen molar-refractivity contribution in [3.63, 3.8) is 0 Å². The molecule has 1 atom stereocenters. The Morgan fingerprint density at radius 3 is 2.30 bits per heavy atom. The first kappa shape index (κ1) is 25.9. The summed E-state index contributed by atoms with van der Waals surface area (Å²) in [7, 11) is -1.04. The van der Waals surface area contributed by atoms with Gasteiger partial charge in [-0.1, -0.05) is 19.1 Å². The van der Waals surface area contributed by atoms with Crippen LogP contribution in [0.5, 0.6) is 11.5 Å². The second kappa shape index (κ2) is 10.9. The van der Waals surface area contributed by atoms with E-state index in [1.807, 2.05) is 19.1 Å². The van der Waals surface area contributed by atoms with E-state index >= 15 is 0 Å². The molecule has 1 N–H and O–H groups in total. The first-order valence-corrected chi connectivity index (χ1v) is 12.9. The van der Waals surface area contributed by atoms with Crippen LogP contribution in [0.3, 0.4) is 0 Å². The van der Waals surface area contributed by atoms with Crippen molar-refractivity contribution in [2.45, 2.75) is 31.9 Å². The number of nitrogens with zero attached hydrogens (tertiary/aromatic N) is 6. The molecule has 0 saturated carbocycles. The zero-order valence-corrected chi connectivity index (χ0v) is 21.5. The van der Waals surface area contributed by atoms with Gasteiger partial charge in [0.1, 0.15) is 28.7 Å². The minimum absolute atomic E-state index is 0.0469. The molecule has 37 heavy (non-hydrogen) atoms. The first-order valence-electron chi connectivity index (χ1n) is 11.4. The molecule has 4 aromatic rings. The molecule has 0 amide bonds. The van der Waals surface area contributed by atoms with Crippen LogP contribution in [0, 0.1) is 5.82 Å². The van der Waals surface area contributed by atoms with E-state index in [1.54, 1.807) is 24.3 Å². The molecule has 13 heteroatoms. The molecule has 0 aliphatic heterocycles. The van der Waals surface area contributed by atoms with E-state index in [-0.39, 0.29) is 24.0 Å². The molecule has 3 heterocycles. The number of pyridine rings is 1. The number of nitrogens with one attached hydrogen (secondary N) is 1. The van der Waals surface area contributed by atoms with Crippen LogP contribution in [0.2, 0.25) is 0 Å². The van der Waals surface area contributed by atoms with E-state index in [0.29, 0.717) is 29.3 Å². The molecule has 11 nitrogen and oxygen atoms in total. The SMILES string of the molecule is CCc1cccc(-c2nnc(NS(=O)(=O)C(C)Cc3ncc(F)cn3)n2-c2c(OC)cccc2OC)n1.